The number of hydrogen-bond acceptors (Lipinski definition) is 10. The molecule has 4 N–H and O–H groups in total. The molecule has 0 saturated carbocycles. The van der Waals surface area contributed by atoms with E-state index in [1.165, 1.54) is 6.07 Å². The van der Waals surface area contributed by atoms with E-state index in [0.717, 1.165) is 16.9 Å². The summed E-state index contributed by atoms with van der Waals surface area (Å²) < 4.78 is 7.19. The van der Waals surface area contributed by atoms with E-state index >= 15 is 0 Å². The maximum Gasteiger partial charge on any atom is 0.254 e. The molecule has 3 aromatic heterocycles. The third kappa shape index (κ3) is 4.93. The van der Waals surface area contributed by atoms with Crippen LogP contribution in [0, 0.1) is 4.91 Å². The molecule has 1 aliphatic rings. The first kappa shape index (κ1) is 23.2. The van der Waals surface area contributed by atoms with Crippen molar-refractivity contribution in [3.63, 3.8) is 0 Å². The van der Waals surface area contributed by atoms with Crippen molar-refractivity contribution in [3.8, 4) is 11.3 Å². The van der Waals surface area contributed by atoms with Crippen LogP contribution in [0.25, 0.3) is 16.9 Å². The van der Waals surface area contributed by atoms with Gasteiger partial charge in [0.05, 0.1) is 18.9 Å². The van der Waals surface area contributed by atoms with Gasteiger partial charge in [0.2, 0.25) is 5.95 Å². The summed E-state index contributed by atoms with van der Waals surface area (Å²) in [6, 6.07) is 12.5. The van der Waals surface area contributed by atoms with Gasteiger partial charge >= 0.3 is 0 Å². The fraction of sp³-hybridized carbons (Fsp3) is 0.250. The number of nitroso groups, excluding NO2 is 1. The van der Waals surface area contributed by atoms with Gasteiger partial charge in [0.1, 0.15) is 17.2 Å². The Labute approximate surface area is 206 Å². The van der Waals surface area contributed by atoms with Crippen LogP contribution in [0.3, 0.4) is 0 Å². The fourth-order valence-corrected chi connectivity index (χ4v) is 3.94. The van der Waals surface area contributed by atoms with E-state index in [9.17, 15) is 9.70 Å². The molecule has 0 bridgehead atoms. The number of nitrogen functional groups attached to an aromatic ring is 1. The molecule has 36 heavy (non-hydrogen) atoms. The van der Waals surface area contributed by atoms with Gasteiger partial charge in [-0.25, -0.2) is 15.0 Å². The molecule has 1 saturated heterocycles. The largest absolute Gasteiger partial charge is 0.382 e. The SMILES string of the molecule is Nc1nc(NCCNc2nc(-c3ccc(C(=O)N4CCOCC4)cc3)cc3nccn23)ccc1N=O. The number of fused-ring (bicyclic) bond motifs is 1. The van der Waals surface area contributed by atoms with Crippen LogP contribution in [0.4, 0.5) is 23.3 Å². The minimum Gasteiger partial charge on any atom is -0.382 e. The summed E-state index contributed by atoms with van der Waals surface area (Å²) in [6.45, 7) is 3.41. The zero-order valence-electron chi connectivity index (χ0n) is 19.4. The van der Waals surface area contributed by atoms with Gasteiger partial charge in [0.15, 0.2) is 5.82 Å². The summed E-state index contributed by atoms with van der Waals surface area (Å²) >= 11 is 0. The second-order valence-corrected chi connectivity index (χ2v) is 8.15. The predicted octanol–water partition coefficient (Wildman–Crippen LogP) is 2.77. The Kier molecular flexibility index (Phi) is 6.67. The Morgan fingerprint density at radius 1 is 1.06 bits per heavy atom. The number of rotatable bonds is 8. The van der Waals surface area contributed by atoms with Crippen molar-refractivity contribution in [1.82, 2.24) is 24.3 Å². The maximum atomic E-state index is 12.7. The molecule has 1 fully saturated rings. The van der Waals surface area contributed by atoms with Crippen LogP contribution in [0.2, 0.25) is 0 Å². The van der Waals surface area contributed by atoms with Gasteiger partial charge in [-0.2, -0.15) is 0 Å². The number of anilines is 3. The second kappa shape index (κ2) is 10.4. The molecule has 12 nitrogen and oxygen atoms in total. The highest BCUT2D eigenvalue weighted by Crippen LogP contribution is 2.23. The lowest BCUT2D eigenvalue weighted by Gasteiger charge is -2.26. The fourth-order valence-electron chi connectivity index (χ4n) is 3.94. The average Bonchev–Trinajstić information content (AvgIpc) is 3.40. The van der Waals surface area contributed by atoms with Gasteiger partial charge in [0.25, 0.3) is 5.91 Å². The lowest BCUT2D eigenvalue weighted by molar-refractivity contribution is 0.0303. The number of pyridine rings is 1. The molecule has 184 valence electrons. The van der Waals surface area contributed by atoms with Crippen molar-refractivity contribution in [1.29, 1.82) is 0 Å². The predicted molar refractivity (Wildman–Crippen MR) is 136 cm³/mol. The summed E-state index contributed by atoms with van der Waals surface area (Å²) in [5, 5.41) is 9.28. The van der Waals surface area contributed by atoms with Crippen LogP contribution >= 0.6 is 0 Å². The summed E-state index contributed by atoms with van der Waals surface area (Å²) in [4.78, 5) is 38.5. The second-order valence-electron chi connectivity index (χ2n) is 8.15. The smallest absolute Gasteiger partial charge is 0.254 e. The van der Waals surface area contributed by atoms with Crippen molar-refractivity contribution >= 4 is 34.8 Å². The monoisotopic (exact) mass is 487 g/mol. The van der Waals surface area contributed by atoms with Crippen molar-refractivity contribution in [2.24, 2.45) is 5.18 Å². The summed E-state index contributed by atoms with van der Waals surface area (Å²) in [5.74, 6) is 1.26. The number of nitrogens with one attached hydrogen (secondary N) is 2. The Bertz CT molecular complexity index is 1380. The van der Waals surface area contributed by atoms with E-state index in [1.807, 2.05) is 40.9 Å². The molecule has 1 aliphatic heterocycles. The molecule has 0 radical (unpaired) electrons. The molecular formula is C24H25N9O3. The maximum absolute atomic E-state index is 12.7. The third-order valence-corrected chi connectivity index (χ3v) is 5.83. The van der Waals surface area contributed by atoms with Crippen LogP contribution in [-0.2, 0) is 4.74 Å². The van der Waals surface area contributed by atoms with Crippen molar-refractivity contribution < 1.29 is 9.53 Å². The topological polar surface area (TPSA) is 152 Å². The highest BCUT2D eigenvalue weighted by Gasteiger charge is 2.18. The average molecular weight is 488 g/mol. The van der Waals surface area contributed by atoms with E-state index in [0.29, 0.717) is 56.7 Å². The molecule has 5 rings (SSSR count). The number of carbonyl (C=O) groups is 1. The number of morpholine rings is 1. The number of aromatic nitrogens is 4. The molecular weight excluding hydrogens is 462 g/mol. The van der Waals surface area contributed by atoms with E-state index in [1.54, 1.807) is 17.2 Å². The zero-order chi connectivity index (χ0) is 24.9. The van der Waals surface area contributed by atoms with E-state index in [2.05, 4.69) is 25.8 Å². The molecule has 4 aromatic rings. The highest BCUT2D eigenvalue weighted by molar-refractivity contribution is 5.94. The highest BCUT2D eigenvalue weighted by atomic mass is 16.5. The van der Waals surface area contributed by atoms with Crippen molar-refractivity contribution in [2.45, 2.75) is 0 Å². The van der Waals surface area contributed by atoms with Gasteiger partial charge < -0.3 is 26.0 Å². The number of ether oxygens (including phenoxy) is 1. The number of benzene rings is 1. The first-order valence-electron chi connectivity index (χ1n) is 11.5. The number of amides is 1. The lowest BCUT2D eigenvalue weighted by Crippen LogP contribution is -2.40. The molecule has 0 atom stereocenters. The minimum atomic E-state index is 0.00433. The summed E-state index contributed by atoms with van der Waals surface area (Å²) in [6.07, 6.45) is 3.54. The van der Waals surface area contributed by atoms with Crippen LogP contribution in [-0.4, -0.2) is 69.6 Å². The molecule has 0 aliphatic carbocycles. The van der Waals surface area contributed by atoms with Gasteiger partial charge in [0, 0.05) is 55.8 Å². The Morgan fingerprint density at radius 2 is 1.83 bits per heavy atom. The molecule has 1 aromatic carbocycles. The Morgan fingerprint density at radius 3 is 2.58 bits per heavy atom. The van der Waals surface area contributed by atoms with Crippen LogP contribution in [0.5, 0.6) is 0 Å². The number of nitrogens with zero attached hydrogens (tertiary/aromatic N) is 6. The van der Waals surface area contributed by atoms with Gasteiger partial charge in [-0.1, -0.05) is 12.1 Å². The van der Waals surface area contributed by atoms with Gasteiger partial charge in [-0.15, -0.1) is 4.91 Å². The van der Waals surface area contributed by atoms with Crippen molar-refractivity contribution in [2.75, 3.05) is 55.8 Å². The summed E-state index contributed by atoms with van der Waals surface area (Å²) in [5.41, 5.74) is 8.82. The van der Waals surface area contributed by atoms with E-state index in [-0.39, 0.29) is 17.4 Å². The Hall–Kier alpha value is -4.58. The van der Waals surface area contributed by atoms with Gasteiger partial charge in [-0.3, -0.25) is 9.20 Å². The molecule has 12 heteroatoms. The normalized spacial score (nSPS) is 13.5. The lowest BCUT2D eigenvalue weighted by atomic mass is 10.1. The number of carbonyl (C=O) groups excluding carboxylic acids is 1. The number of hydrogen-bond donors (Lipinski definition) is 3. The van der Waals surface area contributed by atoms with Crippen molar-refractivity contribution in [3.05, 3.63) is 65.3 Å². The Balaban J connectivity index is 1.27. The molecule has 0 spiro atoms. The molecule has 0 unspecified atom stereocenters. The summed E-state index contributed by atoms with van der Waals surface area (Å²) in [7, 11) is 0. The first-order valence-corrected chi connectivity index (χ1v) is 11.5. The quantitative estimate of drug-likeness (QED) is 0.251. The number of nitrogens with two attached hydrogens (primary N) is 1. The minimum absolute atomic E-state index is 0.00433. The molecule has 4 heterocycles. The van der Waals surface area contributed by atoms with Gasteiger partial charge in [-0.05, 0) is 29.4 Å². The van der Waals surface area contributed by atoms with Crippen LogP contribution in [0.15, 0.2) is 60.0 Å². The number of imidazole rings is 1. The van der Waals surface area contributed by atoms with E-state index < -0.39 is 0 Å². The standard InChI is InChI=1S/C24H25N9O3/c25-22-18(31-35)5-6-20(30-22)26-7-8-28-24-29-19(15-21-27-9-10-33(21)24)16-1-3-17(4-2-16)23(34)32-11-13-36-14-12-32/h1-6,9-10,15H,7-8,11-14H2,(H,28,29)(H3,25,26,30). The third-order valence-electron chi connectivity index (χ3n) is 5.83. The zero-order valence-corrected chi connectivity index (χ0v) is 19.4. The molecule has 1 amide bonds. The van der Waals surface area contributed by atoms with Crippen LogP contribution < -0.4 is 16.4 Å². The van der Waals surface area contributed by atoms with Crippen LogP contribution in [0.1, 0.15) is 10.4 Å². The van der Waals surface area contributed by atoms with E-state index in [4.69, 9.17) is 15.5 Å². The first-order chi connectivity index (χ1) is 17.6.